The Morgan fingerprint density at radius 3 is 2.56 bits per heavy atom. The lowest BCUT2D eigenvalue weighted by Crippen LogP contribution is -2.41. The molecule has 0 fully saturated rings. The average molecular weight is 272 g/mol. The fourth-order valence-corrected chi connectivity index (χ4v) is 1.90. The lowest BCUT2D eigenvalue weighted by Gasteiger charge is -2.21. The second-order valence-corrected chi connectivity index (χ2v) is 5.69. The Hall–Kier alpha value is -1.63. The van der Waals surface area contributed by atoms with Crippen molar-refractivity contribution in [2.75, 3.05) is 0 Å². The summed E-state index contributed by atoms with van der Waals surface area (Å²) in [6, 6.07) is 0. The molecule has 0 saturated carbocycles. The van der Waals surface area contributed by atoms with Gasteiger partial charge < -0.3 is 15.2 Å². The predicted octanol–water partition coefficient (Wildman–Crippen LogP) is 2.43. The van der Waals surface area contributed by atoms with Crippen LogP contribution in [-0.2, 0) is 4.74 Å². The number of aromatic carboxylic acids is 1. The first-order valence-corrected chi connectivity index (χ1v) is 6.24. The number of hydrogen-bond acceptors (Lipinski definition) is 5. The Labute approximate surface area is 109 Å². The van der Waals surface area contributed by atoms with E-state index in [-0.39, 0.29) is 11.2 Å². The van der Waals surface area contributed by atoms with Gasteiger partial charge in [0.25, 0.3) is 0 Å². The highest BCUT2D eigenvalue weighted by atomic mass is 32.1. The first kappa shape index (κ1) is 14.4. The molecule has 1 aromatic heterocycles. The Morgan fingerprint density at radius 2 is 2.11 bits per heavy atom. The summed E-state index contributed by atoms with van der Waals surface area (Å²) in [5, 5.41) is 13.3. The van der Waals surface area contributed by atoms with Crippen molar-refractivity contribution in [3.05, 3.63) is 16.1 Å². The summed E-state index contributed by atoms with van der Waals surface area (Å²) < 4.78 is 5.11. The zero-order valence-corrected chi connectivity index (χ0v) is 11.5. The van der Waals surface area contributed by atoms with E-state index in [4.69, 9.17) is 9.84 Å². The van der Waals surface area contributed by atoms with Gasteiger partial charge in [0.2, 0.25) is 0 Å². The van der Waals surface area contributed by atoms with Crippen LogP contribution in [0.5, 0.6) is 0 Å². The van der Waals surface area contributed by atoms with Gasteiger partial charge in [0.05, 0.1) is 0 Å². The summed E-state index contributed by atoms with van der Waals surface area (Å²) >= 11 is 1.15. The summed E-state index contributed by atoms with van der Waals surface area (Å²) in [6.45, 7) is 7.16. The summed E-state index contributed by atoms with van der Waals surface area (Å²) in [6.07, 6.45) is -1.13. The second-order valence-electron chi connectivity index (χ2n) is 4.80. The van der Waals surface area contributed by atoms with Gasteiger partial charge in [0.1, 0.15) is 5.01 Å². The van der Waals surface area contributed by atoms with Crippen molar-refractivity contribution in [2.24, 2.45) is 0 Å². The van der Waals surface area contributed by atoms with Gasteiger partial charge in [-0.25, -0.2) is 14.6 Å². The number of carboxylic acids is 1. The first-order valence-electron chi connectivity index (χ1n) is 5.36. The van der Waals surface area contributed by atoms with Crippen LogP contribution in [-0.4, -0.2) is 27.7 Å². The van der Waals surface area contributed by atoms with Crippen LogP contribution < -0.4 is 5.32 Å². The number of nitrogens with one attached hydrogen (secondary N) is 1. The molecule has 18 heavy (non-hydrogen) atoms. The van der Waals surface area contributed by atoms with Crippen molar-refractivity contribution in [3.63, 3.8) is 0 Å². The summed E-state index contributed by atoms with van der Waals surface area (Å²) in [5.41, 5.74) is -0.423. The van der Waals surface area contributed by atoms with Crippen molar-refractivity contribution in [2.45, 2.75) is 39.3 Å². The Balaban J connectivity index is 2.62. The molecule has 0 aliphatic carbocycles. The molecule has 0 aromatic carbocycles. The van der Waals surface area contributed by atoms with Gasteiger partial charge in [0, 0.05) is 10.9 Å². The normalized spacial score (nSPS) is 12.9. The van der Waals surface area contributed by atoms with E-state index < -0.39 is 18.2 Å². The topological polar surface area (TPSA) is 88.5 Å². The fourth-order valence-electron chi connectivity index (χ4n) is 1.12. The third-order valence-corrected chi connectivity index (χ3v) is 2.86. The van der Waals surface area contributed by atoms with Crippen LogP contribution in [0.25, 0.3) is 0 Å². The molecule has 0 bridgehead atoms. The number of amides is 1. The van der Waals surface area contributed by atoms with Crippen LogP contribution in [0.15, 0.2) is 5.38 Å². The monoisotopic (exact) mass is 272 g/mol. The molecule has 0 aliphatic heterocycles. The highest BCUT2D eigenvalue weighted by Gasteiger charge is 2.20. The molecule has 1 unspecified atom stereocenters. The molecule has 1 heterocycles. The molecule has 2 N–H and O–H groups in total. The van der Waals surface area contributed by atoms with Gasteiger partial charge in [-0.2, -0.15) is 0 Å². The number of alkyl carbamates (subject to hydrolysis) is 1. The molecule has 0 radical (unpaired) electrons. The predicted molar refractivity (Wildman–Crippen MR) is 66.9 cm³/mol. The smallest absolute Gasteiger partial charge is 0.408 e. The second kappa shape index (κ2) is 5.34. The third kappa shape index (κ3) is 4.33. The van der Waals surface area contributed by atoms with Gasteiger partial charge in [-0.15, -0.1) is 11.3 Å². The SMILES string of the molecule is CC(OC(=O)NC(C)(C)C)c1nc(C(=O)O)cs1. The van der Waals surface area contributed by atoms with Gasteiger partial charge in [-0.05, 0) is 27.7 Å². The molecule has 0 saturated heterocycles. The van der Waals surface area contributed by atoms with E-state index in [0.717, 1.165) is 11.3 Å². The first-order chi connectivity index (χ1) is 8.19. The zero-order chi connectivity index (χ0) is 13.9. The molecule has 0 aliphatic rings. The van der Waals surface area contributed by atoms with Gasteiger partial charge in [-0.3, -0.25) is 0 Å². The highest BCUT2D eigenvalue weighted by molar-refractivity contribution is 7.09. The minimum Gasteiger partial charge on any atom is -0.476 e. The molecule has 0 spiro atoms. The molecule has 1 rings (SSSR count). The Morgan fingerprint density at radius 1 is 1.50 bits per heavy atom. The van der Waals surface area contributed by atoms with Gasteiger partial charge in [0.15, 0.2) is 11.8 Å². The van der Waals surface area contributed by atoms with Crippen molar-refractivity contribution < 1.29 is 19.4 Å². The number of carbonyl (C=O) groups excluding carboxylic acids is 1. The zero-order valence-electron chi connectivity index (χ0n) is 10.7. The number of thiazole rings is 1. The van der Waals surface area contributed by atoms with E-state index in [1.54, 1.807) is 6.92 Å². The Bertz CT molecular complexity index is 450. The molecular formula is C11H16N2O4S. The fraction of sp³-hybridized carbons (Fsp3) is 0.545. The standard InChI is InChI=1S/C11H16N2O4S/c1-6(17-10(16)13-11(2,3)4)8-12-7(5-18-8)9(14)15/h5-6H,1-4H3,(H,13,16)(H,14,15). The van der Waals surface area contributed by atoms with Crippen LogP contribution in [0.1, 0.15) is 49.3 Å². The maximum absolute atomic E-state index is 11.5. The number of rotatable bonds is 3. The number of hydrogen-bond donors (Lipinski definition) is 2. The Kier molecular flexibility index (Phi) is 4.28. The molecule has 100 valence electrons. The molecule has 1 atom stereocenters. The average Bonchev–Trinajstić information content (AvgIpc) is 2.62. The molecule has 6 nitrogen and oxygen atoms in total. The minimum atomic E-state index is -1.09. The van der Waals surface area contributed by atoms with Crippen LogP contribution in [0.2, 0.25) is 0 Å². The van der Waals surface area contributed by atoms with E-state index in [2.05, 4.69) is 10.3 Å². The number of carboxylic acid groups (broad SMARTS) is 1. The number of ether oxygens (including phenoxy) is 1. The minimum absolute atomic E-state index is 0.0401. The van der Waals surface area contributed by atoms with Crippen LogP contribution in [0.4, 0.5) is 4.79 Å². The van der Waals surface area contributed by atoms with Crippen molar-refractivity contribution >= 4 is 23.4 Å². The van der Waals surface area contributed by atoms with Crippen LogP contribution in [0, 0.1) is 0 Å². The van der Waals surface area contributed by atoms with Gasteiger partial charge >= 0.3 is 12.1 Å². The molecule has 7 heteroatoms. The molecule has 1 amide bonds. The highest BCUT2D eigenvalue weighted by Crippen LogP contribution is 2.21. The van der Waals surface area contributed by atoms with E-state index in [0.29, 0.717) is 5.01 Å². The maximum atomic E-state index is 11.5. The summed E-state index contributed by atoms with van der Waals surface area (Å²) in [4.78, 5) is 26.1. The van der Waals surface area contributed by atoms with E-state index in [9.17, 15) is 9.59 Å². The number of nitrogens with zero attached hydrogens (tertiary/aromatic N) is 1. The quantitative estimate of drug-likeness (QED) is 0.882. The lowest BCUT2D eigenvalue weighted by molar-refractivity contribution is 0.0690. The molecular weight excluding hydrogens is 256 g/mol. The number of carbonyl (C=O) groups is 2. The van der Waals surface area contributed by atoms with E-state index >= 15 is 0 Å². The summed E-state index contributed by atoms with van der Waals surface area (Å²) in [7, 11) is 0. The van der Waals surface area contributed by atoms with Crippen molar-refractivity contribution in [3.8, 4) is 0 Å². The lowest BCUT2D eigenvalue weighted by atomic mass is 10.1. The maximum Gasteiger partial charge on any atom is 0.408 e. The summed E-state index contributed by atoms with van der Waals surface area (Å²) in [5.74, 6) is -1.09. The number of aromatic nitrogens is 1. The van der Waals surface area contributed by atoms with E-state index in [1.807, 2.05) is 20.8 Å². The van der Waals surface area contributed by atoms with Gasteiger partial charge in [-0.1, -0.05) is 0 Å². The van der Waals surface area contributed by atoms with Crippen molar-refractivity contribution in [1.82, 2.24) is 10.3 Å². The van der Waals surface area contributed by atoms with Crippen molar-refractivity contribution in [1.29, 1.82) is 0 Å². The van der Waals surface area contributed by atoms with Crippen LogP contribution >= 0.6 is 11.3 Å². The molecule has 1 aromatic rings. The van der Waals surface area contributed by atoms with Crippen LogP contribution in [0.3, 0.4) is 0 Å². The van der Waals surface area contributed by atoms with E-state index in [1.165, 1.54) is 5.38 Å². The largest absolute Gasteiger partial charge is 0.476 e. The third-order valence-electron chi connectivity index (χ3n) is 1.85.